The molecule has 0 saturated heterocycles. The zero-order chi connectivity index (χ0) is 17.7. The number of aryl methyl sites for hydroxylation is 2. The monoisotopic (exact) mass is 332 g/mol. The Morgan fingerprint density at radius 2 is 1.96 bits per heavy atom. The number of nitrogens with one attached hydrogen (secondary N) is 2. The van der Waals surface area contributed by atoms with Gasteiger partial charge in [-0.1, -0.05) is 32.0 Å². The van der Waals surface area contributed by atoms with E-state index >= 15 is 0 Å². The molecule has 130 valence electrons. The number of guanidine groups is 1. The molecule has 0 saturated carbocycles. The molecular formula is C18H25FN4O. The molecule has 2 N–H and O–H groups in total. The van der Waals surface area contributed by atoms with Gasteiger partial charge in [-0.2, -0.15) is 0 Å². The van der Waals surface area contributed by atoms with Crippen molar-refractivity contribution in [3.05, 3.63) is 53.0 Å². The van der Waals surface area contributed by atoms with E-state index in [1.807, 2.05) is 39.8 Å². The van der Waals surface area contributed by atoms with Crippen LogP contribution in [0.15, 0.2) is 33.7 Å². The van der Waals surface area contributed by atoms with Crippen molar-refractivity contribution in [3.63, 3.8) is 0 Å². The summed E-state index contributed by atoms with van der Waals surface area (Å²) in [5.41, 5.74) is 1.18. The Labute approximate surface area is 142 Å². The van der Waals surface area contributed by atoms with Crippen LogP contribution in [0, 0.1) is 19.7 Å². The molecule has 1 heterocycles. The number of rotatable bonds is 5. The fourth-order valence-corrected chi connectivity index (χ4v) is 2.40. The zero-order valence-corrected chi connectivity index (χ0v) is 14.9. The fourth-order valence-electron chi connectivity index (χ4n) is 2.40. The first-order valence-corrected chi connectivity index (χ1v) is 7.96. The molecule has 1 aromatic carbocycles. The van der Waals surface area contributed by atoms with Crippen molar-refractivity contribution in [3.8, 4) is 0 Å². The lowest BCUT2D eigenvalue weighted by molar-refractivity contribution is 0.457. The Morgan fingerprint density at radius 3 is 2.54 bits per heavy atom. The van der Waals surface area contributed by atoms with E-state index in [0.717, 1.165) is 11.5 Å². The zero-order valence-electron chi connectivity index (χ0n) is 14.9. The maximum Gasteiger partial charge on any atom is 0.214 e. The first-order valence-electron chi connectivity index (χ1n) is 7.96. The molecule has 0 fully saturated rings. The third-order valence-corrected chi connectivity index (χ3v) is 4.00. The van der Waals surface area contributed by atoms with Gasteiger partial charge in [0.2, 0.25) is 5.89 Å². The van der Waals surface area contributed by atoms with Crippen LogP contribution in [0.4, 0.5) is 4.39 Å². The Kier molecular flexibility index (Phi) is 5.59. The average Bonchev–Trinajstić information content (AvgIpc) is 2.86. The van der Waals surface area contributed by atoms with Crippen molar-refractivity contribution in [2.75, 3.05) is 13.6 Å². The Morgan fingerprint density at radius 1 is 1.25 bits per heavy atom. The minimum absolute atomic E-state index is 0.196. The van der Waals surface area contributed by atoms with Gasteiger partial charge in [-0.15, -0.1) is 0 Å². The van der Waals surface area contributed by atoms with Crippen molar-refractivity contribution >= 4 is 5.96 Å². The lowest BCUT2D eigenvalue weighted by atomic mass is 9.84. The predicted octanol–water partition coefficient (Wildman–Crippen LogP) is 3.07. The summed E-state index contributed by atoms with van der Waals surface area (Å²) in [5, 5.41) is 6.38. The Hall–Kier alpha value is -2.37. The summed E-state index contributed by atoms with van der Waals surface area (Å²) in [6.45, 7) is 8.76. The summed E-state index contributed by atoms with van der Waals surface area (Å²) in [7, 11) is 1.69. The number of hydrogen-bond donors (Lipinski definition) is 2. The highest BCUT2D eigenvalue weighted by molar-refractivity contribution is 5.79. The molecule has 5 nitrogen and oxygen atoms in total. The number of aromatic nitrogens is 1. The van der Waals surface area contributed by atoms with Gasteiger partial charge in [0.15, 0.2) is 5.96 Å². The van der Waals surface area contributed by atoms with E-state index in [4.69, 9.17) is 4.42 Å². The van der Waals surface area contributed by atoms with Crippen LogP contribution in [0.3, 0.4) is 0 Å². The van der Waals surface area contributed by atoms with E-state index in [1.54, 1.807) is 13.1 Å². The molecule has 0 spiro atoms. The summed E-state index contributed by atoms with van der Waals surface area (Å²) >= 11 is 0. The van der Waals surface area contributed by atoms with Crippen LogP contribution in [-0.4, -0.2) is 24.5 Å². The molecule has 0 amide bonds. The predicted molar refractivity (Wildman–Crippen MR) is 93.6 cm³/mol. The van der Waals surface area contributed by atoms with E-state index in [9.17, 15) is 4.39 Å². The minimum atomic E-state index is -0.376. The van der Waals surface area contributed by atoms with Crippen molar-refractivity contribution in [1.29, 1.82) is 0 Å². The number of hydrogen-bond acceptors (Lipinski definition) is 3. The molecule has 2 aromatic rings. The topological polar surface area (TPSA) is 62.5 Å². The molecule has 0 aliphatic rings. The van der Waals surface area contributed by atoms with Crippen molar-refractivity contribution < 1.29 is 8.81 Å². The highest BCUT2D eigenvalue weighted by Crippen LogP contribution is 2.24. The number of halogens is 1. The van der Waals surface area contributed by atoms with Crippen LogP contribution in [0.5, 0.6) is 0 Å². The van der Waals surface area contributed by atoms with Crippen LogP contribution in [0.25, 0.3) is 0 Å². The Balaban J connectivity index is 1.94. The quantitative estimate of drug-likeness (QED) is 0.652. The molecule has 0 aliphatic carbocycles. The fraction of sp³-hybridized carbons (Fsp3) is 0.444. The van der Waals surface area contributed by atoms with E-state index in [2.05, 4.69) is 20.6 Å². The molecule has 2 rings (SSSR count). The average molecular weight is 332 g/mol. The van der Waals surface area contributed by atoms with Crippen molar-refractivity contribution in [2.24, 2.45) is 4.99 Å². The Bertz CT molecular complexity index is 702. The van der Waals surface area contributed by atoms with Gasteiger partial charge >= 0.3 is 0 Å². The van der Waals surface area contributed by atoms with Gasteiger partial charge < -0.3 is 15.1 Å². The standard InChI is InChI=1S/C18H25FN4O/c1-12-13(2)24-16(23-12)10-21-17(20-5)22-11-18(3,4)14-8-6-7-9-15(14)19/h6-9H,10-11H2,1-5H3,(H2,20,21,22). The van der Waals surface area contributed by atoms with E-state index < -0.39 is 0 Å². The molecule has 0 atom stereocenters. The maximum absolute atomic E-state index is 14.0. The smallest absolute Gasteiger partial charge is 0.214 e. The molecule has 0 unspecified atom stereocenters. The van der Waals surface area contributed by atoms with Gasteiger partial charge in [-0.25, -0.2) is 9.37 Å². The first-order chi connectivity index (χ1) is 11.3. The van der Waals surface area contributed by atoms with E-state index in [-0.39, 0.29) is 11.2 Å². The van der Waals surface area contributed by atoms with E-state index in [0.29, 0.717) is 30.5 Å². The van der Waals surface area contributed by atoms with Gasteiger partial charge in [-0.05, 0) is 25.5 Å². The summed E-state index contributed by atoms with van der Waals surface area (Å²) in [5.74, 6) is 1.85. The van der Waals surface area contributed by atoms with Crippen molar-refractivity contribution in [2.45, 2.75) is 39.7 Å². The third-order valence-electron chi connectivity index (χ3n) is 4.00. The first kappa shape index (κ1) is 18.0. The second-order valence-corrected chi connectivity index (χ2v) is 6.39. The number of aliphatic imine (C=N–C) groups is 1. The molecule has 0 aliphatic heterocycles. The minimum Gasteiger partial charge on any atom is -0.444 e. The third kappa shape index (κ3) is 4.34. The summed E-state index contributed by atoms with van der Waals surface area (Å²) in [6, 6.07) is 6.84. The van der Waals surface area contributed by atoms with Crippen molar-refractivity contribution in [1.82, 2.24) is 15.6 Å². The number of nitrogens with zero attached hydrogens (tertiary/aromatic N) is 2. The summed E-state index contributed by atoms with van der Waals surface area (Å²) in [4.78, 5) is 8.51. The molecule has 24 heavy (non-hydrogen) atoms. The molecule has 0 radical (unpaired) electrons. The van der Waals surface area contributed by atoms with Crippen LogP contribution < -0.4 is 10.6 Å². The normalized spacial score (nSPS) is 12.3. The largest absolute Gasteiger partial charge is 0.444 e. The van der Waals surface area contributed by atoms with Gasteiger partial charge in [0.1, 0.15) is 11.6 Å². The number of oxazole rings is 1. The lowest BCUT2D eigenvalue weighted by Gasteiger charge is -2.27. The summed E-state index contributed by atoms with van der Waals surface area (Å²) < 4.78 is 19.5. The maximum atomic E-state index is 14.0. The molecular weight excluding hydrogens is 307 g/mol. The van der Waals surface area contributed by atoms with Crippen LogP contribution in [0.1, 0.15) is 36.8 Å². The number of benzene rings is 1. The highest BCUT2D eigenvalue weighted by atomic mass is 19.1. The van der Waals surface area contributed by atoms with E-state index in [1.165, 1.54) is 6.07 Å². The van der Waals surface area contributed by atoms with Crippen LogP contribution >= 0.6 is 0 Å². The SMILES string of the molecule is CN=C(NCc1nc(C)c(C)o1)NCC(C)(C)c1ccccc1F. The molecule has 0 bridgehead atoms. The van der Waals surface area contributed by atoms with Gasteiger partial charge in [-0.3, -0.25) is 4.99 Å². The summed E-state index contributed by atoms with van der Waals surface area (Å²) in [6.07, 6.45) is 0. The van der Waals surface area contributed by atoms with Crippen LogP contribution in [-0.2, 0) is 12.0 Å². The highest BCUT2D eigenvalue weighted by Gasteiger charge is 2.24. The van der Waals surface area contributed by atoms with Gasteiger partial charge in [0.25, 0.3) is 0 Å². The van der Waals surface area contributed by atoms with Gasteiger partial charge in [0.05, 0.1) is 12.2 Å². The lowest BCUT2D eigenvalue weighted by Crippen LogP contribution is -2.43. The molecule has 1 aromatic heterocycles. The second kappa shape index (κ2) is 7.47. The second-order valence-electron chi connectivity index (χ2n) is 6.39. The van der Waals surface area contributed by atoms with Gasteiger partial charge in [0, 0.05) is 19.0 Å². The van der Waals surface area contributed by atoms with Crippen LogP contribution in [0.2, 0.25) is 0 Å². The molecule has 6 heteroatoms.